The molecular weight excluding hydrogens is 324 g/mol. The summed E-state index contributed by atoms with van der Waals surface area (Å²) in [5.41, 5.74) is 0.917. The number of amides is 1. The summed E-state index contributed by atoms with van der Waals surface area (Å²) in [5, 5.41) is -0.100. The van der Waals surface area contributed by atoms with Crippen molar-refractivity contribution in [2.45, 2.75) is 6.10 Å². The molecule has 1 heterocycles. The minimum absolute atomic E-state index is 0.0423. The second-order valence-corrected chi connectivity index (χ2v) is 5.67. The minimum atomic E-state index is -1.09. The fourth-order valence-corrected chi connectivity index (χ4v) is 2.79. The summed E-state index contributed by atoms with van der Waals surface area (Å²) < 4.78 is 32.2. The zero-order valence-corrected chi connectivity index (χ0v) is 12.9. The van der Waals surface area contributed by atoms with E-state index < -0.39 is 17.5 Å². The van der Waals surface area contributed by atoms with Crippen molar-refractivity contribution in [2.75, 3.05) is 19.7 Å². The number of ether oxygens (including phenoxy) is 1. The maximum absolute atomic E-state index is 13.4. The lowest BCUT2D eigenvalue weighted by molar-refractivity contribution is -0.0228. The second kappa shape index (κ2) is 6.64. The zero-order chi connectivity index (χ0) is 16.4. The Bertz CT molecular complexity index is 724. The summed E-state index contributed by atoms with van der Waals surface area (Å²) in [7, 11) is 0. The molecule has 3 rings (SSSR count). The number of halogens is 3. The molecule has 23 heavy (non-hydrogen) atoms. The molecule has 0 radical (unpaired) electrons. The summed E-state index contributed by atoms with van der Waals surface area (Å²) in [6.45, 7) is 1.07. The smallest absolute Gasteiger partial charge is 0.255 e. The van der Waals surface area contributed by atoms with Crippen LogP contribution in [0.2, 0.25) is 5.02 Å². The number of hydrogen-bond donors (Lipinski definition) is 0. The van der Waals surface area contributed by atoms with E-state index >= 15 is 0 Å². The molecule has 1 amide bonds. The van der Waals surface area contributed by atoms with Crippen molar-refractivity contribution in [3.63, 3.8) is 0 Å². The van der Waals surface area contributed by atoms with E-state index in [1.807, 2.05) is 30.3 Å². The van der Waals surface area contributed by atoms with E-state index in [-0.39, 0.29) is 16.7 Å². The first kappa shape index (κ1) is 15.9. The van der Waals surface area contributed by atoms with Gasteiger partial charge in [0.15, 0.2) is 11.6 Å². The Hall–Kier alpha value is -1.98. The Morgan fingerprint density at radius 3 is 2.61 bits per heavy atom. The van der Waals surface area contributed by atoms with Gasteiger partial charge in [-0.1, -0.05) is 41.9 Å². The maximum atomic E-state index is 13.4. The summed E-state index contributed by atoms with van der Waals surface area (Å²) in [4.78, 5) is 14.1. The van der Waals surface area contributed by atoms with Gasteiger partial charge in [-0.05, 0) is 17.7 Å². The highest BCUT2D eigenvalue weighted by Crippen LogP contribution is 2.26. The third-order valence-corrected chi connectivity index (χ3v) is 4.08. The highest BCUT2D eigenvalue weighted by atomic mass is 35.5. The molecule has 3 nitrogen and oxygen atoms in total. The van der Waals surface area contributed by atoms with Crippen LogP contribution in [0.4, 0.5) is 8.78 Å². The largest absolute Gasteiger partial charge is 0.370 e. The Balaban J connectivity index is 1.81. The Labute approximate surface area is 137 Å². The highest BCUT2D eigenvalue weighted by molar-refractivity contribution is 6.33. The molecule has 2 aromatic carbocycles. The van der Waals surface area contributed by atoms with Crippen molar-refractivity contribution in [1.82, 2.24) is 4.90 Å². The molecule has 6 heteroatoms. The zero-order valence-electron chi connectivity index (χ0n) is 12.1. The Kier molecular flexibility index (Phi) is 4.59. The van der Waals surface area contributed by atoms with Gasteiger partial charge in [0.2, 0.25) is 0 Å². The molecule has 1 unspecified atom stereocenters. The first-order chi connectivity index (χ1) is 11.1. The van der Waals surface area contributed by atoms with Crippen molar-refractivity contribution in [3.8, 4) is 0 Å². The quantitative estimate of drug-likeness (QED) is 0.779. The Morgan fingerprint density at radius 1 is 1.17 bits per heavy atom. The van der Waals surface area contributed by atoms with Gasteiger partial charge >= 0.3 is 0 Å². The van der Waals surface area contributed by atoms with Crippen molar-refractivity contribution in [1.29, 1.82) is 0 Å². The maximum Gasteiger partial charge on any atom is 0.255 e. The van der Waals surface area contributed by atoms with Gasteiger partial charge in [-0.25, -0.2) is 8.78 Å². The van der Waals surface area contributed by atoms with E-state index in [4.69, 9.17) is 16.3 Å². The molecular formula is C17H14ClF2NO2. The predicted octanol–water partition coefficient (Wildman–Crippen LogP) is 3.83. The monoisotopic (exact) mass is 337 g/mol. The molecule has 1 saturated heterocycles. The van der Waals surface area contributed by atoms with Crippen LogP contribution in [0.5, 0.6) is 0 Å². The van der Waals surface area contributed by atoms with Gasteiger partial charge in [0.1, 0.15) is 6.10 Å². The van der Waals surface area contributed by atoms with Gasteiger partial charge in [0, 0.05) is 6.54 Å². The molecule has 1 aliphatic rings. The fourth-order valence-electron chi connectivity index (χ4n) is 2.56. The van der Waals surface area contributed by atoms with Crippen LogP contribution in [-0.2, 0) is 4.74 Å². The standard InChI is InChI=1S/C17H14ClF2NO2/c18-13-9-15(20)14(19)8-12(13)17(22)21-6-7-23-16(10-21)11-4-2-1-3-5-11/h1-5,8-9,16H,6-7,10H2. The van der Waals surface area contributed by atoms with Crippen molar-refractivity contribution in [2.24, 2.45) is 0 Å². The lowest BCUT2D eigenvalue weighted by Gasteiger charge is -2.33. The van der Waals surface area contributed by atoms with Gasteiger partial charge in [-0.2, -0.15) is 0 Å². The number of carbonyl (C=O) groups excluding carboxylic acids is 1. The van der Waals surface area contributed by atoms with Crippen LogP contribution in [0.3, 0.4) is 0 Å². The number of hydrogen-bond acceptors (Lipinski definition) is 2. The first-order valence-electron chi connectivity index (χ1n) is 7.16. The van der Waals surface area contributed by atoms with Crippen LogP contribution < -0.4 is 0 Å². The molecule has 1 aliphatic heterocycles. The predicted molar refractivity (Wildman–Crippen MR) is 82.4 cm³/mol. The topological polar surface area (TPSA) is 29.5 Å². The number of rotatable bonds is 2. The van der Waals surface area contributed by atoms with E-state index in [2.05, 4.69) is 0 Å². The lowest BCUT2D eigenvalue weighted by atomic mass is 10.1. The third-order valence-electron chi connectivity index (χ3n) is 3.77. The molecule has 2 aromatic rings. The van der Waals surface area contributed by atoms with E-state index in [9.17, 15) is 13.6 Å². The van der Waals surface area contributed by atoms with Crippen molar-refractivity contribution in [3.05, 3.63) is 70.2 Å². The summed E-state index contributed by atoms with van der Waals surface area (Å²) in [6.07, 6.45) is -0.252. The van der Waals surface area contributed by atoms with Crippen LogP contribution in [0, 0.1) is 11.6 Å². The van der Waals surface area contributed by atoms with Crippen molar-refractivity contribution < 1.29 is 18.3 Å². The van der Waals surface area contributed by atoms with Crippen LogP contribution in [0.15, 0.2) is 42.5 Å². The summed E-state index contributed by atoms with van der Waals surface area (Å²) >= 11 is 5.88. The molecule has 0 bridgehead atoms. The molecule has 0 spiro atoms. The van der Waals surface area contributed by atoms with Crippen LogP contribution in [0.1, 0.15) is 22.0 Å². The molecule has 1 atom stereocenters. The molecule has 0 N–H and O–H groups in total. The number of carbonyl (C=O) groups is 1. The first-order valence-corrected chi connectivity index (χ1v) is 7.54. The second-order valence-electron chi connectivity index (χ2n) is 5.27. The van der Waals surface area contributed by atoms with Crippen molar-refractivity contribution >= 4 is 17.5 Å². The molecule has 120 valence electrons. The molecule has 0 aliphatic carbocycles. The number of benzene rings is 2. The van der Waals surface area contributed by atoms with E-state index in [0.717, 1.165) is 17.7 Å². The summed E-state index contributed by atoms with van der Waals surface area (Å²) in [5.74, 6) is -2.60. The van der Waals surface area contributed by atoms with Gasteiger partial charge in [-0.3, -0.25) is 4.79 Å². The SMILES string of the molecule is O=C(c1cc(F)c(F)cc1Cl)N1CCOC(c2ccccc2)C1. The summed E-state index contributed by atoms with van der Waals surface area (Å²) in [6, 6.07) is 11.2. The van der Waals surface area contributed by atoms with Gasteiger partial charge < -0.3 is 9.64 Å². The fraction of sp³-hybridized carbons (Fsp3) is 0.235. The number of nitrogens with zero attached hydrogens (tertiary/aromatic N) is 1. The minimum Gasteiger partial charge on any atom is -0.370 e. The normalized spacial score (nSPS) is 18.0. The lowest BCUT2D eigenvalue weighted by Crippen LogP contribution is -2.42. The third kappa shape index (κ3) is 3.35. The molecule has 0 aromatic heterocycles. The van der Waals surface area contributed by atoms with Crippen LogP contribution in [0.25, 0.3) is 0 Å². The highest BCUT2D eigenvalue weighted by Gasteiger charge is 2.27. The number of morpholine rings is 1. The van der Waals surface area contributed by atoms with E-state index in [0.29, 0.717) is 19.7 Å². The Morgan fingerprint density at radius 2 is 1.87 bits per heavy atom. The molecule has 1 fully saturated rings. The van der Waals surface area contributed by atoms with Gasteiger partial charge in [0.25, 0.3) is 5.91 Å². The average Bonchev–Trinajstić information content (AvgIpc) is 2.58. The van der Waals surface area contributed by atoms with Crippen LogP contribution in [-0.4, -0.2) is 30.5 Å². The van der Waals surface area contributed by atoms with Crippen LogP contribution >= 0.6 is 11.6 Å². The van der Waals surface area contributed by atoms with E-state index in [1.165, 1.54) is 0 Å². The van der Waals surface area contributed by atoms with E-state index in [1.54, 1.807) is 4.90 Å². The average molecular weight is 338 g/mol. The molecule has 0 saturated carbocycles. The van der Waals surface area contributed by atoms with Gasteiger partial charge in [0.05, 0.1) is 23.7 Å². The van der Waals surface area contributed by atoms with Gasteiger partial charge in [-0.15, -0.1) is 0 Å².